The summed E-state index contributed by atoms with van der Waals surface area (Å²) in [6, 6.07) is 13.2. The van der Waals surface area contributed by atoms with Gasteiger partial charge in [-0.25, -0.2) is 0 Å². The molecule has 0 unspecified atom stereocenters. The molecule has 0 saturated heterocycles. The molecule has 0 aliphatic carbocycles. The zero-order chi connectivity index (χ0) is 22.8. The van der Waals surface area contributed by atoms with Crippen LogP contribution in [-0.4, -0.2) is 36.4 Å². The van der Waals surface area contributed by atoms with Crippen molar-refractivity contribution in [2.45, 2.75) is 66.0 Å². The number of hydrogen-bond donors (Lipinski definition) is 1. The molecule has 5 nitrogen and oxygen atoms in total. The number of hydrogen-bond acceptors (Lipinski definition) is 3. The molecule has 0 radical (unpaired) electrons. The Balaban J connectivity index is 2.26. The largest absolute Gasteiger partial charge is 0.497 e. The lowest BCUT2D eigenvalue weighted by Gasteiger charge is -2.31. The number of benzene rings is 2. The number of carbonyl (C=O) groups excluding carboxylic acids is 2. The summed E-state index contributed by atoms with van der Waals surface area (Å²) in [7, 11) is 1.63. The molecular formula is C26H36N2O3. The molecule has 168 valence electrons. The molecule has 2 amide bonds. The Morgan fingerprint density at radius 1 is 1.00 bits per heavy atom. The number of aryl methyl sites for hydroxylation is 2. The third-order valence-corrected chi connectivity index (χ3v) is 5.65. The molecule has 0 spiro atoms. The number of rotatable bonds is 11. The lowest BCUT2D eigenvalue weighted by molar-refractivity contribution is -0.140. The van der Waals surface area contributed by atoms with E-state index in [0.717, 1.165) is 35.3 Å². The highest BCUT2D eigenvalue weighted by molar-refractivity contribution is 5.88. The van der Waals surface area contributed by atoms with E-state index in [4.69, 9.17) is 4.74 Å². The number of methoxy groups -OCH3 is 1. The van der Waals surface area contributed by atoms with E-state index in [9.17, 15) is 9.59 Å². The van der Waals surface area contributed by atoms with E-state index in [2.05, 4.69) is 32.2 Å². The van der Waals surface area contributed by atoms with Gasteiger partial charge >= 0.3 is 0 Å². The lowest BCUT2D eigenvalue weighted by atomic mass is 10.0. The molecule has 1 atom stereocenters. The van der Waals surface area contributed by atoms with Crippen LogP contribution < -0.4 is 10.1 Å². The quantitative estimate of drug-likeness (QED) is 0.537. The number of nitrogens with zero attached hydrogens (tertiary/aromatic N) is 1. The number of amides is 2. The summed E-state index contributed by atoms with van der Waals surface area (Å²) in [6.45, 7) is 9.17. The Morgan fingerprint density at radius 3 is 2.26 bits per heavy atom. The van der Waals surface area contributed by atoms with Crippen LogP contribution in [0.15, 0.2) is 42.5 Å². The molecule has 31 heavy (non-hydrogen) atoms. The molecule has 0 aromatic heterocycles. The zero-order valence-corrected chi connectivity index (χ0v) is 19.5. The van der Waals surface area contributed by atoms with E-state index in [1.807, 2.05) is 43.3 Å². The normalized spacial score (nSPS) is 11.6. The van der Waals surface area contributed by atoms with E-state index < -0.39 is 6.04 Å². The average Bonchev–Trinajstić information content (AvgIpc) is 2.76. The van der Waals surface area contributed by atoms with Gasteiger partial charge in [0.2, 0.25) is 11.8 Å². The number of ether oxygens (including phenoxy) is 1. The highest BCUT2D eigenvalue weighted by Crippen LogP contribution is 2.18. The fourth-order valence-corrected chi connectivity index (χ4v) is 3.54. The Bertz CT molecular complexity index is 861. The minimum Gasteiger partial charge on any atom is -0.497 e. The van der Waals surface area contributed by atoms with E-state index in [-0.39, 0.29) is 18.2 Å². The molecule has 0 fully saturated rings. The van der Waals surface area contributed by atoms with Crippen molar-refractivity contribution in [1.82, 2.24) is 10.2 Å². The molecule has 1 N–H and O–H groups in total. The van der Waals surface area contributed by atoms with Gasteiger partial charge in [-0.3, -0.25) is 9.59 Å². The highest BCUT2D eigenvalue weighted by Gasteiger charge is 2.28. The van der Waals surface area contributed by atoms with Crippen LogP contribution in [0.4, 0.5) is 0 Å². The van der Waals surface area contributed by atoms with Crippen molar-refractivity contribution in [3.05, 3.63) is 64.7 Å². The SMILES string of the molecule is CCCCNC(=O)[C@@H](CC)N(Cc1ccc(OC)cc1)C(=O)Cc1ccc(C)c(C)c1. The Kier molecular flexibility index (Phi) is 9.57. The summed E-state index contributed by atoms with van der Waals surface area (Å²) in [6.07, 6.45) is 2.78. The molecule has 2 aromatic carbocycles. The van der Waals surface area contributed by atoms with Crippen molar-refractivity contribution >= 4 is 11.8 Å². The lowest BCUT2D eigenvalue weighted by Crippen LogP contribution is -2.49. The first-order valence-electron chi connectivity index (χ1n) is 11.2. The Hall–Kier alpha value is -2.82. The second-order valence-corrected chi connectivity index (χ2v) is 8.03. The van der Waals surface area contributed by atoms with Crippen LogP contribution in [0.2, 0.25) is 0 Å². The van der Waals surface area contributed by atoms with E-state index in [1.165, 1.54) is 5.56 Å². The van der Waals surface area contributed by atoms with Crippen LogP contribution >= 0.6 is 0 Å². The van der Waals surface area contributed by atoms with Crippen LogP contribution in [0, 0.1) is 13.8 Å². The van der Waals surface area contributed by atoms with Crippen LogP contribution in [0.25, 0.3) is 0 Å². The molecule has 0 bridgehead atoms. The molecule has 0 aliphatic rings. The minimum atomic E-state index is -0.502. The summed E-state index contributed by atoms with van der Waals surface area (Å²) >= 11 is 0. The van der Waals surface area contributed by atoms with E-state index >= 15 is 0 Å². The smallest absolute Gasteiger partial charge is 0.242 e. The van der Waals surface area contributed by atoms with Gasteiger partial charge in [0.15, 0.2) is 0 Å². The third kappa shape index (κ3) is 7.12. The average molecular weight is 425 g/mol. The van der Waals surface area contributed by atoms with Gasteiger partial charge < -0.3 is 15.0 Å². The highest BCUT2D eigenvalue weighted by atomic mass is 16.5. The van der Waals surface area contributed by atoms with E-state index in [1.54, 1.807) is 12.0 Å². The van der Waals surface area contributed by atoms with Crippen molar-refractivity contribution in [2.75, 3.05) is 13.7 Å². The molecule has 0 aliphatic heterocycles. The van der Waals surface area contributed by atoms with Gasteiger partial charge in [-0.05, 0) is 61.1 Å². The fraction of sp³-hybridized carbons (Fsp3) is 0.462. The number of carbonyl (C=O) groups is 2. The second-order valence-electron chi connectivity index (χ2n) is 8.03. The van der Waals surface area contributed by atoms with Crippen molar-refractivity contribution in [2.24, 2.45) is 0 Å². The van der Waals surface area contributed by atoms with Crippen LogP contribution in [0.3, 0.4) is 0 Å². The maximum atomic E-state index is 13.4. The number of unbranched alkanes of at least 4 members (excludes halogenated alkanes) is 1. The topological polar surface area (TPSA) is 58.6 Å². The Labute approximate surface area is 186 Å². The first kappa shape index (κ1) is 24.4. The summed E-state index contributed by atoms with van der Waals surface area (Å²) in [5, 5.41) is 3.00. The molecule has 2 rings (SSSR count). The summed E-state index contributed by atoms with van der Waals surface area (Å²) in [4.78, 5) is 28.0. The summed E-state index contributed by atoms with van der Waals surface area (Å²) < 4.78 is 5.24. The van der Waals surface area contributed by atoms with Crippen LogP contribution in [-0.2, 0) is 22.6 Å². The maximum Gasteiger partial charge on any atom is 0.242 e. The van der Waals surface area contributed by atoms with Gasteiger partial charge in [0.1, 0.15) is 11.8 Å². The number of nitrogens with one attached hydrogen (secondary N) is 1. The minimum absolute atomic E-state index is 0.0448. The first-order chi connectivity index (χ1) is 14.9. The molecule has 0 heterocycles. The van der Waals surface area contributed by atoms with Gasteiger partial charge in [-0.1, -0.05) is 50.6 Å². The van der Waals surface area contributed by atoms with Gasteiger partial charge in [0, 0.05) is 13.1 Å². The predicted molar refractivity (Wildman–Crippen MR) is 125 cm³/mol. The van der Waals surface area contributed by atoms with Crippen LogP contribution in [0.1, 0.15) is 55.4 Å². The van der Waals surface area contributed by atoms with Crippen molar-refractivity contribution in [1.29, 1.82) is 0 Å². The third-order valence-electron chi connectivity index (χ3n) is 5.65. The zero-order valence-electron chi connectivity index (χ0n) is 19.5. The van der Waals surface area contributed by atoms with Gasteiger partial charge in [-0.2, -0.15) is 0 Å². The van der Waals surface area contributed by atoms with Gasteiger partial charge in [-0.15, -0.1) is 0 Å². The molecular weight excluding hydrogens is 388 g/mol. The molecule has 0 saturated carbocycles. The summed E-state index contributed by atoms with van der Waals surface area (Å²) in [5.41, 5.74) is 4.30. The summed E-state index contributed by atoms with van der Waals surface area (Å²) in [5.74, 6) is 0.635. The van der Waals surface area contributed by atoms with Gasteiger partial charge in [0.05, 0.1) is 13.5 Å². The van der Waals surface area contributed by atoms with Crippen molar-refractivity contribution in [3.8, 4) is 5.75 Å². The standard InChI is InChI=1S/C26H36N2O3/c1-6-8-15-27-26(30)24(7-2)28(18-21-11-13-23(31-5)14-12-21)25(29)17-22-10-9-19(3)20(4)16-22/h9-14,16,24H,6-8,15,17-18H2,1-5H3,(H,27,30)/t24-/m1/s1. The van der Waals surface area contributed by atoms with Crippen molar-refractivity contribution in [3.63, 3.8) is 0 Å². The van der Waals surface area contributed by atoms with Gasteiger partial charge in [0.25, 0.3) is 0 Å². The predicted octanol–water partition coefficient (Wildman–Crippen LogP) is 4.58. The van der Waals surface area contributed by atoms with E-state index in [0.29, 0.717) is 19.5 Å². The molecule has 2 aromatic rings. The second kappa shape index (κ2) is 12.1. The maximum absolute atomic E-state index is 13.4. The fourth-order valence-electron chi connectivity index (χ4n) is 3.54. The monoisotopic (exact) mass is 424 g/mol. The van der Waals surface area contributed by atoms with Crippen molar-refractivity contribution < 1.29 is 14.3 Å². The Morgan fingerprint density at radius 2 is 1.68 bits per heavy atom. The first-order valence-corrected chi connectivity index (χ1v) is 11.2. The van der Waals surface area contributed by atoms with Crippen LogP contribution in [0.5, 0.6) is 5.75 Å². The molecule has 5 heteroatoms.